The molecule has 1 aromatic heterocycles. The minimum Gasteiger partial charge on any atom is -0.481 e. The zero-order valence-electron chi connectivity index (χ0n) is 13.2. The van der Waals surface area contributed by atoms with Crippen LogP contribution in [0.2, 0.25) is 0 Å². The van der Waals surface area contributed by atoms with Crippen molar-refractivity contribution in [1.29, 1.82) is 0 Å². The minimum absolute atomic E-state index is 0.416. The van der Waals surface area contributed by atoms with Crippen LogP contribution in [-0.2, 0) is 17.9 Å². The Balaban J connectivity index is 2.39. The van der Waals surface area contributed by atoms with E-state index in [2.05, 4.69) is 35.9 Å². The number of carbonyl (C=O) groups is 1. The van der Waals surface area contributed by atoms with Gasteiger partial charge in [-0.3, -0.25) is 4.79 Å². The van der Waals surface area contributed by atoms with Crippen molar-refractivity contribution in [3.8, 4) is 0 Å². The molecule has 0 aliphatic heterocycles. The molecule has 2 rings (SSSR count). The summed E-state index contributed by atoms with van der Waals surface area (Å²) in [4.78, 5) is 11.4. The van der Waals surface area contributed by atoms with Gasteiger partial charge in [-0.1, -0.05) is 32.0 Å². The van der Waals surface area contributed by atoms with E-state index in [0.29, 0.717) is 12.6 Å². The Bertz CT molecular complexity index is 641. The lowest BCUT2D eigenvalue weighted by molar-refractivity contribution is -0.147. The second-order valence-electron chi connectivity index (χ2n) is 6.52. The third kappa shape index (κ3) is 3.45. The Labute approximate surface area is 125 Å². The number of para-hydroxylation sites is 1. The highest BCUT2D eigenvalue weighted by molar-refractivity contribution is 5.83. The van der Waals surface area contributed by atoms with Crippen LogP contribution in [0.4, 0.5) is 0 Å². The molecule has 2 N–H and O–H groups in total. The molecule has 1 aromatic carbocycles. The van der Waals surface area contributed by atoms with Crippen LogP contribution in [0.25, 0.3) is 10.9 Å². The molecule has 0 aliphatic carbocycles. The van der Waals surface area contributed by atoms with Crippen molar-refractivity contribution in [2.24, 2.45) is 5.41 Å². The van der Waals surface area contributed by atoms with Gasteiger partial charge in [0.2, 0.25) is 0 Å². The molecular weight excluding hydrogens is 264 g/mol. The van der Waals surface area contributed by atoms with Crippen molar-refractivity contribution < 1.29 is 9.90 Å². The first-order valence-corrected chi connectivity index (χ1v) is 7.35. The number of nitrogens with zero attached hydrogens (tertiary/aromatic N) is 1. The van der Waals surface area contributed by atoms with Gasteiger partial charge in [-0.15, -0.1) is 0 Å². The lowest BCUT2D eigenvalue weighted by Gasteiger charge is -2.21. The smallest absolute Gasteiger partial charge is 0.310 e. The maximum atomic E-state index is 11.4. The summed E-state index contributed by atoms with van der Waals surface area (Å²) in [5.41, 5.74) is 1.54. The quantitative estimate of drug-likeness (QED) is 0.858. The highest BCUT2D eigenvalue weighted by Gasteiger charge is 2.28. The Kier molecular flexibility index (Phi) is 4.37. The average Bonchev–Trinajstić information content (AvgIpc) is 2.79. The van der Waals surface area contributed by atoms with Gasteiger partial charge in [-0.05, 0) is 30.9 Å². The molecule has 0 saturated heterocycles. The molecule has 0 bridgehead atoms. The topological polar surface area (TPSA) is 54.3 Å². The third-order valence-corrected chi connectivity index (χ3v) is 3.72. The molecule has 0 radical (unpaired) electrons. The van der Waals surface area contributed by atoms with E-state index < -0.39 is 11.4 Å². The van der Waals surface area contributed by atoms with E-state index in [1.807, 2.05) is 18.3 Å². The fourth-order valence-corrected chi connectivity index (χ4v) is 2.42. The lowest BCUT2D eigenvalue weighted by atomic mass is 9.93. The first-order valence-electron chi connectivity index (χ1n) is 7.35. The predicted molar refractivity (Wildman–Crippen MR) is 85.3 cm³/mol. The van der Waals surface area contributed by atoms with E-state index in [9.17, 15) is 9.90 Å². The number of aliphatic carboxylic acids is 1. The number of carboxylic acids is 1. The summed E-state index contributed by atoms with van der Waals surface area (Å²) in [6.07, 6.45) is 1.98. The minimum atomic E-state index is -0.787. The number of hydrogen-bond donors (Lipinski definition) is 2. The highest BCUT2D eigenvalue weighted by Crippen LogP contribution is 2.25. The van der Waals surface area contributed by atoms with Crippen LogP contribution in [0.1, 0.15) is 33.3 Å². The van der Waals surface area contributed by atoms with E-state index in [1.165, 1.54) is 5.56 Å². The van der Waals surface area contributed by atoms with Crippen LogP contribution in [0.15, 0.2) is 30.5 Å². The van der Waals surface area contributed by atoms with E-state index in [1.54, 1.807) is 13.8 Å². The number of aromatic nitrogens is 1. The molecule has 0 amide bonds. The number of fused-ring (bicyclic) bond motifs is 1. The van der Waals surface area contributed by atoms with Crippen LogP contribution in [0.5, 0.6) is 0 Å². The van der Waals surface area contributed by atoms with Gasteiger partial charge >= 0.3 is 5.97 Å². The summed E-state index contributed by atoms with van der Waals surface area (Å²) in [5.74, 6) is -0.776. The van der Waals surface area contributed by atoms with Gasteiger partial charge in [-0.2, -0.15) is 0 Å². The van der Waals surface area contributed by atoms with Gasteiger partial charge in [0.15, 0.2) is 0 Å². The van der Waals surface area contributed by atoms with Crippen LogP contribution >= 0.6 is 0 Å². The molecule has 0 spiro atoms. The molecule has 1 heterocycles. The van der Waals surface area contributed by atoms with Gasteiger partial charge in [0.25, 0.3) is 0 Å². The first-order chi connectivity index (χ1) is 9.81. The van der Waals surface area contributed by atoms with Crippen molar-refractivity contribution in [1.82, 2.24) is 9.88 Å². The standard InChI is InChI=1S/C17H24N2O2/c1-12(2)18-10-14-7-5-6-13-8-9-19(15(13)14)11-17(3,4)16(20)21/h5-9,12,18H,10-11H2,1-4H3,(H,20,21). The van der Waals surface area contributed by atoms with Crippen LogP contribution < -0.4 is 5.32 Å². The van der Waals surface area contributed by atoms with E-state index in [-0.39, 0.29) is 0 Å². The predicted octanol–water partition coefficient (Wildman–Crippen LogP) is 3.25. The molecule has 0 saturated carbocycles. The molecule has 4 nitrogen and oxygen atoms in total. The fraction of sp³-hybridized carbons (Fsp3) is 0.471. The fourth-order valence-electron chi connectivity index (χ4n) is 2.42. The molecule has 114 valence electrons. The summed E-state index contributed by atoms with van der Waals surface area (Å²) < 4.78 is 2.06. The number of nitrogens with one attached hydrogen (secondary N) is 1. The zero-order valence-corrected chi connectivity index (χ0v) is 13.2. The first kappa shape index (κ1) is 15.6. The lowest BCUT2D eigenvalue weighted by Crippen LogP contribution is -2.29. The van der Waals surface area contributed by atoms with Gasteiger partial charge in [0.1, 0.15) is 0 Å². The summed E-state index contributed by atoms with van der Waals surface area (Å²) in [7, 11) is 0. The molecule has 0 unspecified atom stereocenters. The molecular formula is C17H24N2O2. The van der Waals surface area contributed by atoms with E-state index in [0.717, 1.165) is 17.4 Å². The van der Waals surface area contributed by atoms with Crippen molar-refractivity contribution in [3.05, 3.63) is 36.0 Å². The summed E-state index contributed by atoms with van der Waals surface area (Å²) >= 11 is 0. The number of carboxylic acid groups (broad SMARTS) is 1. The second-order valence-corrected chi connectivity index (χ2v) is 6.52. The van der Waals surface area contributed by atoms with E-state index in [4.69, 9.17) is 0 Å². The van der Waals surface area contributed by atoms with Crippen LogP contribution in [0.3, 0.4) is 0 Å². The van der Waals surface area contributed by atoms with Gasteiger partial charge in [-0.25, -0.2) is 0 Å². The number of rotatable bonds is 6. The Morgan fingerprint density at radius 1 is 1.33 bits per heavy atom. The van der Waals surface area contributed by atoms with Crippen LogP contribution in [0, 0.1) is 5.41 Å². The van der Waals surface area contributed by atoms with Gasteiger partial charge in [0, 0.05) is 25.3 Å². The maximum absolute atomic E-state index is 11.4. The number of hydrogen-bond acceptors (Lipinski definition) is 2. The maximum Gasteiger partial charge on any atom is 0.310 e. The zero-order chi connectivity index (χ0) is 15.6. The molecule has 21 heavy (non-hydrogen) atoms. The summed E-state index contributed by atoms with van der Waals surface area (Å²) in [5, 5.41) is 13.9. The monoisotopic (exact) mass is 288 g/mol. The average molecular weight is 288 g/mol. The van der Waals surface area contributed by atoms with Crippen molar-refractivity contribution in [2.75, 3.05) is 0 Å². The SMILES string of the molecule is CC(C)NCc1cccc2ccn(CC(C)(C)C(=O)O)c12. The summed E-state index contributed by atoms with van der Waals surface area (Å²) in [6, 6.07) is 8.68. The third-order valence-electron chi connectivity index (χ3n) is 3.72. The van der Waals surface area contributed by atoms with Crippen LogP contribution in [-0.4, -0.2) is 21.7 Å². The van der Waals surface area contributed by atoms with Gasteiger partial charge in [0.05, 0.1) is 10.9 Å². The molecule has 0 atom stereocenters. The van der Waals surface area contributed by atoms with Crippen molar-refractivity contribution in [2.45, 2.75) is 46.8 Å². The molecule has 2 aromatic rings. The van der Waals surface area contributed by atoms with Crippen molar-refractivity contribution >= 4 is 16.9 Å². The Morgan fingerprint density at radius 2 is 2.05 bits per heavy atom. The van der Waals surface area contributed by atoms with E-state index >= 15 is 0 Å². The highest BCUT2D eigenvalue weighted by atomic mass is 16.4. The van der Waals surface area contributed by atoms with Crippen molar-refractivity contribution in [3.63, 3.8) is 0 Å². The van der Waals surface area contributed by atoms with Gasteiger partial charge < -0.3 is 15.0 Å². The number of benzene rings is 1. The normalized spacial score (nSPS) is 12.2. The second kappa shape index (κ2) is 5.90. The Morgan fingerprint density at radius 3 is 2.67 bits per heavy atom. The molecule has 0 fully saturated rings. The molecule has 4 heteroatoms. The summed E-state index contributed by atoms with van der Waals surface area (Å²) in [6.45, 7) is 9.00. The largest absolute Gasteiger partial charge is 0.481 e. The Hall–Kier alpha value is -1.81. The molecule has 0 aliphatic rings.